The first kappa shape index (κ1) is 16.1. The highest BCUT2D eigenvalue weighted by Gasteiger charge is 2.02. The minimum absolute atomic E-state index is 0. The van der Waals surface area contributed by atoms with Crippen LogP contribution in [0.1, 0.15) is 13.3 Å². The highest BCUT2D eigenvalue weighted by molar-refractivity contribution is 5.57. The molecule has 4 nitrogen and oxygen atoms in total. The molecule has 0 aromatic carbocycles. The molecule has 0 rings (SSSR count). The smallest absolute Gasteiger partial charge is 0.259 e. The molecule has 5 heteroatoms. The molecule has 0 heterocycles. The molecule has 0 aliphatic carbocycles. The standard InChI is InChI=1S/C9H21N4.HI/c1-6-7-13(9-12(4)5)10-8-11(2)3;/h8-9H,6-7H2,1-5H3;1H/q+1;/p-1/b10-8+;. The lowest BCUT2D eigenvalue weighted by Crippen LogP contribution is -3.00. The summed E-state index contributed by atoms with van der Waals surface area (Å²) in [6.07, 6.45) is 4.87. The Labute approximate surface area is 104 Å². The van der Waals surface area contributed by atoms with Crippen molar-refractivity contribution in [1.29, 1.82) is 0 Å². The Bertz CT molecular complexity index is 185. The van der Waals surface area contributed by atoms with Gasteiger partial charge >= 0.3 is 0 Å². The first-order valence-electron chi connectivity index (χ1n) is 4.54. The van der Waals surface area contributed by atoms with Crippen LogP contribution in [0.15, 0.2) is 5.10 Å². The summed E-state index contributed by atoms with van der Waals surface area (Å²) in [7, 11) is 7.91. The first-order valence-corrected chi connectivity index (χ1v) is 4.54. The summed E-state index contributed by atoms with van der Waals surface area (Å²) in [5.41, 5.74) is 0. The number of rotatable bonds is 5. The molecule has 0 saturated heterocycles. The van der Waals surface area contributed by atoms with E-state index in [4.69, 9.17) is 0 Å². The van der Waals surface area contributed by atoms with Crippen molar-refractivity contribution in [3.05, 3.63) is 0 Å². The van der Waals surface area contributed by atoms with E-state index in [0.29, 0.717) is 0 Å². The van der Waals surface area contributed by atoms with Crippen molar-refractivity contribution in [3.63, 3.8) is 0 Å². The van der Waals surface area contributed by atoms with Crippen LogP contribution in [0.5, 0.6) is 0 Å². The number of hydrogen-bond donors (Lipinski definition) is 0. The Morgan fingerprint density at radius 1 is 1.29 bits per heavy atom. The maximum absolute atomic E-state index is 4.29. The number of halogens is 1. The second kappa shape index (κ2) is 9.23. The number of hydrogen-bond acceptors (Lipinski definition) is 1. The van der Waals surface area contributed by atoms with Gasteiger partial charge in [0.15, 0.2) is 0 Å². The van der Waals surface area contributed by atoms with Gasteiger partial charge in [0.05, 0.1) is 14.1 Å². The molecular formula is C9H21IN4. The Hall–Kier alpha value is -0.330. The average molecular weight is 312 g/mol. The van der Waals surface area contributed by atoms with Crippen LogP contribution < -0.4 is 24.0 Å². The van der Waals surface area contributed by atoms with E-state index >= 15 is 0 Å². The summed E-state index contributed by atoms with van der Waals surface area (Å²) in [6.45, 7) is 3.09. The summed E-state index contributed by atoms with van der Waals surface area (Å²) in [5.74, 6) is 0. The van der Waals surface area contributed by atoms with Crippen molar-refractivity contribution in [2.24, 2.45) is 5.10 Å². The molecule has 0 aliphatic rings. The molecule has 0 radical (unpaired) electrons. The van der Waals surface area contributed by atoms with Crippen LogP contribution in [0.3, 0.4) is 0 Å². The van der Waals surface area contributed by atoms with Gasteiger partial charge in [-0.1, -0.05) is 12.0 Å². The molecule has 0 fully saturated rings. The summed E-state index contributed by atoms with van der Waals surface area (Å²) < 4.78 is 1.99. The van der Waals surface area contributed by atoms with Gasteiger partial charge in [0.25, 0.3) is 6.34 Å². The van der Waals surface area contributed by atoms with Crippen LogP contribution in [-0.4, -0.2) is 61.9 Å². The van der Waals surface area contributed by atoms with Gasteiger partial charge in [-0.05, 0) is 6.42 Å². The first-order chi connectivity index (χ1) is 6.06. The second-order valence-electron chi connectivity index (χ2n) is 3.44. The van der Waals surface area contributed by atoms with Crippen LogP contribution in [0.2, 0.25) is 0 Å². The molecule has 0 amide bonds. The van der Waals surface area contributed by atoms with Gasteiger partial charge in [0.2, 0.25) is 0 Å². The lowest BCUT2D eigenvalue weighted by molar-refractivity contribution is -0.464. The Morgan fingerprint density at radius 2 is 1.86 bits per heavy atom. The van der Waals surface area contributed by atoms with Gasteiger partial charge in [0.1, 0.15) is 12.9 Å². The Kier molecular flexibility index (Phi) is 10.6. The molecule has 0 saturated carbocycles. The summed E-state index contributed by atoms with van der Waals surface area (Å²) in [4.78, 5) is 1.92. The largest absolute Gasteiger partial charge is 1.00 e. The van der Waals surface area contributed by atoms with Crippen LogP contribution in [0, 0.1) is 0 Å². The molecule has 14 heavy (non-hydrogen) atoms. The van der Waals surface area contributed by atoms with E-state index in [9.17, 15) is 0 Å². The highest BCUT2D eigenvalue weighted by atomic mass is 127. The number of hydrazone groups is 1. The third kappa shape index (κ3) is 9.76. The van der Waals surface area contributed by atoms with E-state index in [1.807, 2.05) is 49.0 Å². The van der Waals surface area contributed by atoms with E-state index in [1.165, 1.54) is 0 Å². The molecule has 0 aliphatic heterocycles. The van der Waals surface area contributed by atoms with Gasteiger partial charge in [-0.25, -0.2) is 0 Å². The minimum atomic E-state index is 0. The van der Waals surface area contributed by atoms with Crippen LogP contribution in [0.4, 0.5) is 0 Å². The van der Waals surface area contributed by atoms with E-state index in [-0.39, 0.29) is 24.0 Å². The van der Waals surface area contributed by atoms with E-state index in [0.717, 1.165) is 13.0 Å². The summed E-state index contributed by atoms with van der Waals surface area (Å²) >= 11 is 0. The van der Waals surface area contributed by atoms with Gasteiger partial charge in [-0.15, -0.1) is 5.01 Å². The minimum Gasteiger partial charge on any atom is -1.00 e. The van der Waals surface area contributed by atoms with E-state index in [1.54, 1.807) is 6.34 Å². The maximum atomic E-state index is 4.29. The molecule has 0 aromatic heterocycles. The zero-order valence-corrected chi connectivity index (χ0v) is 11.9. The van der Waals surface area contributed by atoms with E-state index < -0.39 is 0 Å². The molecule has 0 unspecified atom stereocenters. The average Bonchev–Trinajstić information content (AvgIpc) is 1.99. The van der Waals surface area contributed by atoms with Crippen LogP contribution in [0.25, 0.3) is 0 Å². The molecule has 0 N–H and O–H groups in total. The van der Waals surface area contributed by atoms with Crippen molar-refractivity contribution >= 4 is 12.7 Å². The quantitative estimate of drug-likeness (QED) is 0.184. The van der Waals surface area contributed by atoms with Crippen molar-refractivity contribution in [2.75, 3.05) is 34.7 Å². The molecule has 0 bridgehead atoms. The maximum Gasteiger partial charge on any atom is 0.259 e. The Balaban J connectivity index is 0. The van der Waals surface area contributed by atoms with Crippen LogP contribution >= 0.6 is 0 Å². The van der Waals surface area contributed by atoms with Gasteiger partial charge in [-0.2, -0.15) is 0 Å². The molecule has 0 atom stereocenters. The fourth-order valence-electron chi connectivity index (χ4n) is 0.811. The molecular weight excluding hydrogens is 291 g/mol. The van der Waals surface area contributed by atoms with Gasteiger partial charge < -0.3 is 28.9 Å². The third-order valence-corrected chi connectivity index (χ3v) is 1.25. The third-order valence-electron chi connectivity index (χ3n) is 1.25. The SMILES string of the molecule is CCCN(C=[N+](C)C)/N=C/N(C)C.[I-]. The predicted octanol–water partition coefficient (Wildman–Crippen LogP) is -2.49. The predicted molar refractivity (Wildman–Crippen MR) is 57.3 cm³/mol. The second-order valence-corrected chi connectivity index (χ2v) is 3.44. The zero-order valence-electron chi connectivity index (χ0n) is 9.74. The fourth-order valence-corrected chi connectivity index (χ4v) is 0.811. The Morgan fingerprint density at radius 3 is 2.21 bits per heavy atom. The van der Waals surface area contributed by atoms with Crippen LogP contribution in [-0.2, 0) is 0 Å². The summed E-state index contributed by atoms with van der Waals surface area (Å²) in [6, 6.07) is 0. The van der Waals surface area contributed by atoms with Crippen molar-refractivity contribution in [1.82, 2.24) is 9.91 Å². The topological polar surface area (TPSA) is 21.9 Å². The van der Waals surface area contributed by atoms with Crippen molar-refractivity contribution in [2.45, 2.75) is 13.3 Å². The number of nitrogens with zero attached hydrogens (tertiary/aromatic N) is 4. The highest BCUT2D eigenvalue weighted by Crippen LogP contribution is 1.87. The summed E-state index contributed by atoms with van der Waals surface area (Å²) in [5, 5.41) is 6.22. The molecule has 0 spiro atoms. The normalized spacial score (nSPS) is 9.50. The van der Waals surface area contributed by atoms with E-state index in [2.05, 4.69) is 12.0 Å². The van der Waals surface area contributed by atoms with Crippen molar-refractivity contribution in [3.8, 4) is 0 Å². The van der Waals surface area contributed by atoms with Gasteiger partial charge in [-0.3, -0.25) is 4.58 Å². The fraction of sp³-hybridized carbons (Fsp3) is 0.778. The lowest BCUT2D eigenvalue weighted by Gasteiger charge is -2.07. The zero-order chi connectivity index (χ0) is 10.3. The lowest BCUT2D eigenvalue weighted by atomic mass is 10.5. The van der Waals surface area contributed by atoms with Gasteiger partial charge in [0, 0.05) is 14.1 Å². The molecule has 0 aromatic rings. The van der Waals surface area contributed by atoms with Crippen molar-refractivity contribution < 1.29 is 28.6 Å². The molecule has 84 valence electrons. The monoisotopic (exact) mass is 312 g/mol.